The number of terminal acetylenes is 1. The second-order valence-electron chi connectivity index (χ2n) is 5.24. The van der Waals surface area contributed by atoms with Crippen LogP contribution >= 0.6 is 0 Å². The Kier molecular flexibility index (Phi) is 4.73. The maximum Gasteiger partial charge on any atom is 0.271 e. The second-order valence-corrected chi connectivity index (χ2v) is 5.24. The maximum absolute atomic E-state index is 12.3. The Hall–Kier alpha value is -3.32. The van der Waals surface area contributed by atoms with Gasteiger partial charge < -0.3 is 5.32 Å². The molecule has 1 heterocycles. The lowest BCUT2D eigenvalue weighted by Gasteiger charge is -2.07. The third kappa shape index (κ3) is 3.36. The zero-order valence-corrected chi connectivity index (χ0v) is 13.1. The minimum Gasteiger partial charge on any atom is -0.350 e. The lowest BCUT2D eigenvalue weighted by atomic mass is 10.1. The number of carbonyl (C=O) groups is 1. The van der Waals surface area contributed by atoms with E-state index in [1.807, 2.05) is 60.7 Å². The van der Waals surface area contributed by atoms with Crippen molar-refractivity contribution < 1.29 is 4.79 Å². The molecule has 118 valence electrons. The molecule has 1 aromatic heterocycles. The first-order valence-electron chi connectivity index (χ1n) is 7.72. The van der Waals surface area contributed by atoms with Gasteiger partial charge in [0.15, 0.2) is 5.69 Å². The number of amides is 1. The number of hydrogen-bond acceptors (Lipinski definition) is 2. The van der Waals surface area contributed by atoms with Gasteiger partial charge in [-0.15, -0.1) is 12.3 Å². The molecule has 0 atom stereocenters. The minimum absolute atomic E-state index is 0.225. The van der Waals surface area contributed by atoms with Crippen molar-refractivity contribution in [1.82, 2.24) is 15.1 Å². The molecular formula is C20H17N3O. The molecule has 0 spiro atoms. The molecule has 1 amide bonds. The Morgan fingerprint density at radius 3 is 2.42 bits per heavy atom. The molecule has 3 rings (SSSR count). The fourth-order valence-electron chi connectivity index (χ4n) is 2.41. The van der Waals surface area contributed by atoms with Crippen LogP contribution in [0.25, 0.3) is 16.9 Å². The number of para-hydroxylation sites is 1. The highest BCUT2D eigenvalue weighted by Crippen LogP contribution is 2.23. The van der Waals surface area contributed by atoms with Gasteiger partial charge in [0.2, 0.25) is 0 Å². The van der Waals surface area contributed by atoms with E-state index in [0.29, 0.717) is 18.7 Å². The van der Waals surface area contributed by atoms with Crippen LogP contribution in [0.2, 0.25) is 0 Å². The molecule has 3 aromatic rings. The third-order valence-electron chi connectivity index (χ3n) is 3.57. The molecule has 0 bridgehead atoms. The van der Waals surface area contributed by atoms with Crippen molar-refractivity contribution in [2.75, 3.05) is 6.54 Å². The lowest BCUT2D eigenvalue weighted by Crippen LogP contribution is -2.24. The summed E-state index contributed by atoms with van der Waals surface area (Å²) in [6.07, 6.45) is 5.71. The number of hydrogen-bond donors (Lipinski definition) is 1. The molecule has 0 radical (unpaired) electrons. The van der Waals surface area contributed by atoms with E-state index in [1.165, 1.54) is 0 Å². The zero-order valence-electron chi connectivity index (χ0n) is 13.1. The summed E-state index contributed by atoms with van der Waals surface area (Å²) in [5.74, 6) is 2.28. The fourth-order valence-corrected chi connectivity index (χ4v) is 2.41. The van der Waals surface area contributed by atoms with Crippen LogP contribution in [0.5, 0.6) is 0 Å². The molecule has 4 nitrogen and oxygen atoms in total. The first-order valence-corrected chi connectivity index (χ1v) is 7.72. The Bertz CT molecular complexity index is 804. The average molecular weight is 315 g/mol. The van der Waals surface area contributed by atoms with E-state index in [4.69, 9.17) is 6.42 Å². The Balaban J connectivity index is 2.00. The smallest absolute Gasteiger partial charge is 0.271 e. The molecule has 0 aliphatic rings. The lowest BCUT2D eigenvalue weighted by molar-refractivity contribution is 0.0949. The highest BCUT2D eigenvalue weighted by molar-refractivity contribution is 5.93. The van der Waals surface area contributed by atoms with Gasteiger partial charge in [0.1, 0.15) is 0 Å². The summed E-state index contributed by atoms with van der Waals surface area (Å²) >= 11 is 0. The topological polar surface area (TPSA) is 46.9 Å². The quantitative estimate of drug-likeness (QED) is 0.580. The molecule has 0 aliphatic heterocycles. The van der Waals surface area contributed by atoms with Crippen LogP contribution in [-0.4, -0.2) is 22.2 Å². The van der Waals surface area contributed by atoms with E-state index in [9.17, 15) is 4.79 Å². The third-order valence-corrected chi connectivity index (χ3v) is 3.57. The van der Waals surface area contributed by atoms with Crippen LogP contribution in [0.1, 0.15) is 16.9 Å². The van der Waals surface area contributed by atoms with Gasteiger partial charge in [-0.2, -0.15) is 5.10 Å². The molecule has 0 saturated heterocycles. The van der Waals surface area contributed by atoms with Crippen LogP contribution < -0.4 is 5.32 Å². The van der Waals surface area contributed by atoms with Crippen molar-refractivity contribution in [3.63, 3.8) is 0 Å². The number of aromatic nitrogens is 2. The Morgan fingerprint density at radius 2 is 1.75 bits per heavy atom. The van der Waals surface area contributed by atoms with E-state index < -0.39 is 0 Å². The minimum atomic E-state index is -0.225. The number of nitrogens with zero attached hydrogens (tertiary/aromatic N) is 2. The SMILES string of the molecule is C#CCCNC(=O)c1cc(-c2ccccc2)n(-c2ccccc2)n1. The maximum atomic E-state index is 12.3. The first kappa shape index (κ1) is 15.6. The number of benzene rings is 2. The summed E-state index contributed by atoms with van der Waals surface area (Å²) in [5.41, 5.74) is 3.13. The average Bonchev–Trinajstić information content (AvgIpc) is 3.09. The van der Waals surface area contributed by atoms with Crippen molar-refractivity contribution in [2.24, 2.45) is 0 Å². The monoisotopic (exact) mass is 315 g/mol. The van der Waals surface area contributed by atoms with E-state index in [0.717, 1.165) is 16.9 Å². The van der Waals surface area contributed by atoms with Crippen molar-refractivity contribution >= 4 is 5.91 Å². The molecule has 0 unspecified atom stereocenters. The summed E-state index contributed by atoms with van der Waals surface area (Å²) in [6.45, 7) is 0.439. The van der Waals surface area contributed by atoms with Gasteiger partial charge >= 0.3 is 0 Å². The predicted molar refractivity (Wildman–Crippen MR) is 94.8 cm³/mol. The summed E-state index contributed by atoms with van der Waals surface area (Å²) in [7, 11) is 0. The molecule has 1 N–H and O–H groups in total. The van der Waals surface area contributed by atoms with Gasteiger partial charge in [-0.1, -0.05) is 48.5 Å². The van der Waals surface area contributed by atoms with Gasteiger partial charge in [0.05, 0.1) is 11.4 Å². The van der Waals surface area contributed by atoms with Crippen molar-refractivity contribution in [2.45, 2.75) is 6.42 Å². The number of rotatable bonds is 5. The highest BCUT2D eigenvalue weighted by atomic mass is 16.1. The van der Waals surface area contributed by atoms with E-state index >= 15 is 0 Å². The highest BCUT2D eigenvalue weighted by Gasteiger charge is 2.16. The summed E-state index contributed by atoms with van der Waals surface area (Å²) in [5, 5.41) is 7.27. The normalized spacial score (nSPS) is 10.1. The molecule has 24 heavy (non-hydrogen) atoms. The van der Waals surface area contributed by atoms with Gasteiger partial charge in [-0.3, -0.25) is 4.79 Å². The Labute approximate surface area is 141 Å². The summed E-state index contributed by atoms with van der Waals surface area (Å²) in [6, 6.07) is 21.4. The summed E-state index contributed by atoms with van der Waals surface area (Å²) < 4.78 is 1.78. The number of carbonyl (C=O) groups excluding carboxylic acids is 1. The molecule has 0 aliphatic carbocycles. The second kappa shape index (κ2) is 7.30. The molecular weight excluding hydrogens is 298 g/mol. The first-order chi connectivity index (χ1) is 11.8. The van der Waals surface area contributed by atoms with E-state index in [2.05, 4.69) is 16.3 Å². The van der Waals surface area contributed by atoms with Crippen molar-refractivity contribution in [1.29, 1.82) is 0 Å². The van der Waals surface area contributed by atoms with Crippen LogP contribution in [-0.2, 0) is 0 Å². The molecule has 4 heteroatoms. The number of nitrogens with one attached hydrogen (secondary N) is 1. The molecule has 0 fully saturated rings. The van der Waals surface area contributed by atoms with E-state index in [-0.39, 0.29) is 5.91 Å². The van der Waals surface area contributed by atoms with Crippen molar-refractivity contribution in [3.8, 4) is 29.3 Å². The fraction of sp³-hybridized carbons (Fsp3) is 0.100. The van der Waals surface area contributed by atoms with Crippen LogP contribution in [0, 0.1) is 12.3 Å². The van der Waals surface area contributed by atoms with Gasteiger partial charge in [0, 0.05) is 18.5 Å². The van der Waals surface area contributed by atoms with Gasteiger partial charge in [-0.25, -0.2) is 4.68 Å². The zero-order chi connectivity index (χ0) is 16.8. The standard InChI is InChI=1S/C20H17N3O/c1-2-3-14-21-20(24)18-15-19(16-10-6-4-7-11-16)23(22-18)17-12-8-5-9-13-17/h1,4-13,15H,3,14H2,(H,21,24). The molecule has 0 saturated carbocycles. The predicted octanol–water partition coefficient (Wildman–Crippen LogP) is 3.29. The largest absolute Gasteiger partial charge is 0.350 e. The Morgan fingerprint density at radius 1 is 1.08 bits per heavy atom. The van der Waals surface area contributed by atoms with Crippen molar-refractivity contribution in [3.05, 3.63) is 72.4 Å². The molecule has 2 aromatic carbocycles. The van der Waals surface area contributed by atoms with Gasteiger partial charge in [-0.05, 0) is 18.2 Å². The van der Waals surface area contributed by atoms with Crippen LogP contribution in [0.15, 0.2) is 66.7 Å². The summed E-state index contributed by atoms with van der Waals surface area (Å²) in [4.78, 5) is 12.3. The van der Waals surface area contributed by atoms with E-state index in [1.54, 1.807) is 10.7 Å². The van der Waals surface area contributed by atoms with Crippen LogP contribution in [0.3, 0.4) is 0 Å². The van der Waals surface area contributed by atoms with Crippen LogP contribution in [0.4, 0.5) is 0 Å². The van der Waals surface area contributed by atoms with Gasteiger partial charge in [0.25, 0.3) is 5.91 Å².